The van der Waals surface area contributed by atoms with Crippen molar-refractivity contribution in [3.63, 3.8) is 0 Å². The van der Waals surface area contributed by atoms with Crippen LogP contribution < -0.4 is 16.2 Å². The van der Waals surface area contributed by atoms with Gasteiger partial charge in [-0.25, -0.2) is 4.68 Å². The Labute approximate surface area is 132 Å². The summed E-state index contributed by atoms with van der Waals surface area (Å²) in [6, 6.07) is 0. The van der Waals surface area contributed by atoms with Crippen LogP contribution in [0, 0.1) is 12.3 Å². The van der Waals surface area contributed by atoms with Gasteiger partial charge in [0.1, 0.15) is 11.0 Å². The van der Waals surface area contributed by atoms with Crippen molar-refractivity contribution in [1.82, 2.24) is 15.1 Å². The number of aromatic nitrogens is 2. The van der Waals surface area contributed by atoms with E-state index in [2.05, 4.69) is 37.6 Å². The van der Waals surface area contributed by atoms with Crippen LogP contribution in [0.15, 0.2) is 15.5 Å². The molecule has 0 atom stereocenters. The van der Waals surface area contributed by atoms with Crippen LogP contribution in [0.25, 0.3) is 0 Å². The maximum absolute atomic E-state index is 11.9. The van der Waals surface area contributed by atoms with Gasteiger partial charge in [-0.05, 0) is 36.7 Å². The first-order valence-corrected chi connectivity index (χ1v) is 7.28. The van der Waals surface area contributed by atoms with Crippen LogP contribution in [-0.4, -0.2) is 27.8 Å². The van der Waals surface area contributed by atoms with E-state index >= 15 is 0 Å². The van der Waals surface area contributed by atoms with E-state index in [0.717, 1.165) is 0 Å². The molecule has 0 aliphatic rings. The molecule has 0 radical (unpaired) electrons. The van der Waals surface area contributed by atoms with Crippen LogP contribution in [0.5, 0.6) is 0 Å². The number of carbonyl (C=O) groups excluding carboxylic acids is 1. The first-order valence-electron chi connectivity index (χ1n) is 6.48. The maximum atomic E-state index is 11.9. The van der Waals surface area contributed by atoms with Gasteiger partial charge < -0.3 is 10.6 Å². The summed E-state index contributed by atoms with van der Waals surface area (Å²) in [5.41, 5.74) is -0.0246. The zero-order valence-corrected chi connectivity index (χ0v) is 14.0. The SMILES string of the molecule is C#CCn1ncc(NCCC(=O)NC(C)(C)C)c(Br)c1=O. The number of rotatable bonds is 5. The number of nitrogens with zero attached hydrogens (tertiary/aromatic N) is 2. The number of halogens is 1. The zero-order valence-electron chi connectivity index (χ0n) is 12.4. The molecule has 0 aliphatic carbocycles. The van der Waals surface area contributed by atoms with Crippen molar-refractivity contribution in [2.24, 2.45) is 0 Å². The van der Waals surface area contributed by atoms with Crippen LogP contribution in [0.1, 0.15) is 27.2 Å². The predicted octanol–water partition coefficient (Wildman–Crippen LogP) is 1.36. The highest BCUT2D eigenvalue weighted by Crippen LogP contribution is 2.15. The van der Waals surface area contributed by atoms with Gasteiger partial charge in [-0.2, -0.15) is 5.10 Å². The number of hydrogen-bond acceptors (Lipinski definition) is 4. The Bertz CT molecular complexity index is 611. The molecule has 21 heavy (non-hydrogen) atoms. The van der Waals surface area contributed by atoms with Crippen molar-refractivity contribution >= 4 is 27.5 Å². The molecule has 0 aromatic carbocycles. The topological polar surface area (TPSA) is 76.0 Å². The average Bonchev–Trinajstić information content (AvgIpc) is 2.36. The molecule has 0 spiro atoms. The largest absolute Gasteiger partial charge is 0.382 e. The summed E-state index contributed by atoms with van der Waals surface area (Å²) in [6.07, 6.45) is 6.96. The second kappa shape index (κ2) is 7.27. The fourth-order valence-electron chi connectivity index (χ4n) is 1.58. The van der Waals surface area contributed by atoms with Crippen LogP contribution in [0.2, 0.25) is 0 Å². The van der Waals surface area contributed by atoms with Crippen molar-refractivity contribution in [2.75, 3.05) is 11.9 Å². The average molecular weight is 355 g/mol. The summed E-state index contributed by atoms with van der Waals surface area (Å²) >= 11 is 3.21. The second-order valence-corrected chi connectivity index (χ2v) is 6.31. The van der Waals surface area contributed by atoms with Crippen molar-refractivity contribution in [3.8, 4) is 12.3 Å². The van der Waals surface area contributed by atoms with Crippen molar-refractivity contribution in [2.45, 2.75) is 39.3 Å². The standard InChI is InChI=1S/C14H19BrN4O2/c1-5-8-19-13(21)12(15)10(9-17-19)16-7-6-11(20)18-14(2,3)4/h1,9,16H,6-8H2,2-4H3,(H,18,20). The molecule has 0 fully saturated rings. The first-order chi connectivity index (χ1) is 9.74. The lowest BCUT2D eigenvalue weighted by Crippen LogP contribution is -2.41. The van der Waals surface area contributed by atoms with Crippen LogP contribution >= 0.6 is 15.9 Å². The molecule has 1 aromatic heterocycles. The lowest BCUT2D eigenvalue weighted by Gasteiger charge is -2.20. The van der Waals surface area contributed by atoms with Gasteiger partial charge in [0, 0.05) is 18.5 Å². The van der Waals surface area contributed by atoms with Crippen LogP contribution in [-0.2, 0) is 11.3 Å². The zero-order chi connectivity index (χ0) is 16.0. The number of hydrogen-bond donors (Lipinski definition) is 2. The molecule has 1 rings (SSSR count). The summed E-state index contributed by atoms with van der Waals surface area (Å²) < 4.78 is 1.53. The lowest BCUT2D eigenvalue weighted by atomic mass is 10.1. The Kier molecular flexibility index (Phi) is 5.97. The molecule has 0 bridgehead atoms. The highest BCUT2D eigenvalue weighted by molar-refractivity contribution is 9.10. The summed E-state index contributed by atoms with van der Waals surface area (Å²) in [5, 5.41) is 9.82. The number of terminal acetylenes is 1. The number of anilines is 1. The van der Waals surface area contributed by atoms with Gasteiger partial charge in [0.15, 0.2) is 0 Å². The van der Waals surface area contributed by atoms with E-state index in [1.807, 2.05) is 20.8 Å². The van der Waals surface area contributed by atoms with E-state index in [1.165, 1.54) is 10.9 Å². The summed E-state index contributed by atoms with van der Waals surface area (Å²) in [7, 11) is 0. The van der Waals surface area contributed by atoms with Gasteiger partial charge in [0.25, 0.3) is 5.56 Å². The monoisotopic (exact) mass is 354 g/mol. The van der Waals surface area contributed by atoms with Crippen molar-refractivity contribution < 1.29 is 4.79 Å². The fraction of sp³-hybridized carbons (Fsp3) is 0.500. The number of carbonyl (C=O) groups is 1. The van der Waals surface area contributed by atoms with Gasteiger partial charge in [-0.15, -0.1) is 6.42 Å². The molecular formula is C14H19BrN4O2. The maximum Gasteiger partial charge on any atom is 0.284 e. The van der Waals surface area contributed by atoms with Gasteiger partial charge >= 0.3 is 0 Å². The molecule has 6 nitrogen and oxygen atoms in total. The minimum Gasteiger partial charge on any atom is -0.382 e. The highest BCUT2D eigenvalue weighted by Gasteiger charge is 2.13. The minimum absolute atomic E-state index is 0.0558. The molecule has 7 heteroatoms. The van der Waals surface area contributed by atoms with E-state index < -0.39 is 0 Å². The van der Waals surface area contributed by atoms with Crippen LogP contribution in [0.4, 0.5) is 5.69 Å². The highest BCUT2D eigenvalue weighted by atomic mass is 79.9. The molecular weight excluding hydrogens is 336 g/mol. The Morgan fingerprint density at radius 1 is 1.52 bits per heavy atom. The number of amides is 1. The van der Waals surface area contributed by atoms with Crippen molar-refractivity contribution in [1.29, 1.82) is 0 Å². The second-order valence-electron chi connectivity index (χ2n) is 5.51. The third kappa shape index (κ3) is 5.60. The summed E-state index contributed by atoms with van der Waals surface area (Å²) in [6.45, 7) is 6.28. The Balaban J connectivity index is 2.61. The van der Waals surface area contributed by atoms with E-state index in [4.69, 9.17) is 6.42 Å². The molecule has 1 amide bonds. The van der Waals surface area contributed by atoms with Gasteiger partial charge in [-0.1, -0.05) is 5.92 Å². The molecule has 0 unspecified atom stereocenters. The normalized spacial score (nSPS) is 10.8. The molecule has 1 aromatic rings. The third-order valence-electron chi connectivity index (χ3n) is 2.41. The molecule has 114 valence electrons. The smallest absolute Gasteiger partial charge is 0.284 e. The van der Waals surface area contributed by atoms with E-state index in [9.17, 15) is 9.59 Å². The van der Waals surface area contributed by atoms with Crippen LogP contribution in [0.3, 0.4) is 0 Å². The number of nitrogens with one attached hydrogen (secondary N) is 2. The molecule has 2 N–H and O–H groups in total. The molecule has 0 aliphatic heterocycles. The Morgan fingerprint density at radius 3 is 2.76 bits per heavy atom. The third-order valence-corrected chi connectivity index (χ3v) is 3.17. The lowest BCUT2D eigenvalue weighted by molar-refractivity contribution is -0.122. The van der Waals surface area contributed by atoms with Gasteiger partial charge in [0.05, 0.1) is 11.9 Å². The molecule has 0 saturated heterocycles. The predicted molar refractivity (Wildman–Crippen MR) is 86.0 cm³/mol. The Morgan fingerprint density at radius 2 is 2.19 bits per heavy atom. The molecule has 1 heterocycles. The molecule has 0 saturated carbocycles. The van der Waals surface area contributed by atoms with Crippen molar-refractivity contribution in [3.05, 3.63) is 21.0 Å². The van der Waals surface area contributed by atoms with Gasteiger partial charge in [0.2, 0.25) is 5.91 Å². The van der Waals surface area contributed by atoms with E-state index in [1.54, 1.807) is 0 Å². The minimum atomic E-state index is -0.308. The summed E-state index contributed by atoms with van der Waals surface area (Å²) in [5.74, 6) is 2.30. The summed E-state index contributed by atoms with van der Waals surface area (Å²) in [4.78, 5) is 23.6. The Hall–Kier alpha value is -1.81. The van der Waals surface area contributed by atoms with E-state index in [0.29, 0.717) is 23.1 Å². The van der Waals surface area contributed by atoms with E-state index in [-0.39, 0.29) is 23.6 Å². The first kappa shape index (κ1) is 17.2. The fourth-order valence-corrected chi connectivity index (χ4v) is 2.03. The van der Waals surface area contributed by atoms with Gasteiger partial charge in [-0.3, -0.25) is 9.59 Å². The quantitative estimate of drug-likeness (QED) is 0.782.